The highest BCUT2D eigenvalue weighted by Crippen LogP contribution is 2.27. The number of carbonyl (C=O) groups excluding carboxylic acids is 1. The van der Waals surface area contributed by atoms with Gasteiger partial charge in [-0.05, 0) is 53.2 Å². The summed E-state index contributed by atoms with van der Waals surface area (Å²) >= 11 is 0. The van der Waals surface area contributed by atoms with E-state index in [1.54, 1.807) is 7.11 Å². The summed E-state index contributed by atoms with van der Waals surface area (Å²) in [5, 5.41) is 10.7. The van der Waals surface area contributed by atoms with Gasteiger partial charge in [0.25, 0.3) is 0 Å². The molecule has 0 spiro atoms. The van der Waals surface area contributed by atoms with Crippen LogP contribution in [-0.4, -0.2) is 13.1 Å². The zero-order chi connectivity index (χ0) is 17.5. The van der Waals surface area contributed by atoms with Gasteiger partial charge in [0.1, 0.15) is 5.75 Å². The lowest BCUT2D eigenvalue weighted by Crippen LogP contribution is -2.21. The number of allylic oxidation sites excluding steroid dienone is 1. The van der Waals surface area contributed by atoms with Crippen molar-refractivity contribution in [3.63, 3.8) is 0 Å². The fourth-order valence-corrected chi connectivity index (χ4v) is 2.55. The first-order valence-corrected chi connectivity index (χ1v) is 8.16. The molecule has 0 saturated heterocycles. The lowest BCUT2D eigenvalue weighted by Gasteiger charge is -2.12. The molecule has 3 nitrogen and oxygen atoms in total. The molecule has 0 aliphatic heterocycles. The molecule has 0 radical (unpaired) electrons. The molecular formula is C21H23O3-. The number of methoxy groups -OCH3 is 1. The summed E-state index contributed by atoms with van der Waals surface area (Å²) in [5.74, 6) is 0.240. The van der Waals surface area contributed by atoms with Crippen molar-refractivity contribution in [2.75, 3.05) is 7.11 Å². The van der Waals surface area contributed by atoms with Gasteiger partial charge in [-0.15, -0.1) is 0 Å². The number of carbonyl (C=O) groups is 1. The summed E-state index contributed by atoms with van der Waals surface area (Å²) in [6.45, 7) is 4.32. The van der Waals surface area contributed by atoms with Crippen LogP contribution >= 0.6 is 0 Å². The second-order valence-corrected chi connectivity index (χ2v) is 6.03. The highest BCUT2D eigenvalue weighted by molar-refractivity contribution is 5.80. The van der Waals surface area contributed by atoms with Crippen LogP contribution in [-0.2, 0) is 4.79 Å². The third-order valence-electron chi connectivity index (χ3n) is 3.99. The topological polar surface area (TPSA) is 49.4 Å². The minimum atomic E-state index is -1.03. The maximum Gasteiger partial charge on any atom is 0.118 e. The van der Waals surface area contributed by atoms with Gasteiger partial charge in [0, 0.05) is 5.97 Å². The molecule has 0 amide bonds. The monoisotopic (exact) mass is 323 g/mol. The van der Waals surface area contributed by atoms with E-state index in [0.29, 0.717) is 12.3 Å². The number of hydrogen-bond acceptors (Lipinski definition) is 3. The predicted octanol–water partition coefficient (Wildman–Crippen LogP) is 3.78. The zero-order valence-corrected chi connectivity index (χ0v) is 14.4. The Hall–Kier alpha value is -2.55. The Balaban J connectivity index is 2.35. The SMILES string of the molecule is COc1ccc(/C(=C\CCC(=O)[O-])c2ccc(C(C)C)cc2)cc1. The van der Waals surface area contributed by atoms with E-state index in [9.17, 15) is 9.90 Å². The summed E-state index contributed by atoms with van der Waals surface area (Å²) in [6.07, 6.45) is 2.42. The van der Waals surface area contributed by atoms with Gasteiger partial charge in [-0.2, -0.15) is 0 Å². The van der Waals surface area contributed by atoms with E-state index in [1.165, 1.54) is 5.56 Å². The Bertz CT molecular complexity index is 695. The number of carboxylic acid groups (broad SMARTS) is 1. The van der Waals surface area contributed by atoms with E-state index in [1.807, 2.05) is 30.3 Å². The number of hydrogen-bond donors (Lipinski definition) is 0. The molecule has 0 atom stereocenters. The zero-order valence-electron chi connectivity index (χ0n) is 14.4. The first-order valence-electron chi connectivity index (χ1n) is 8.16. The van der Waals surface area contributed by atoms with Gasteiger partial charge >= 0.3 is 0 Å². The van der Waals surface area contributed by atoms with Gasteiger partial charge in [-0.1, -0.05) is 56.3 Å². The molecule has 0 N–H and O–H groups in total. The second kappa shape index (κ2) is 8.34. The van der Waals surface area contributed by atoms with Crippen molar-refractivity contribution < 1.29 is 14.6 Å². The molecule has 0 aliphatic rings. The summed E-state index contributed by atoms with van der Waals surface area (Å²) in [5.41, 5.74) is 4.41. The van der Waals surface area contributed by atoms with Gasteiger partial charge in [0.15, 0.2) is 0 Å². The van der Waals surface area contributed by atoms with Crippen molar-refractivity contribution in [1.82, 2.24) is 0 Å². The van der Waals surface area contributed by atoms with Crippen LogP contribution in [0.1, 0.15) is 49.3 Å². The first-order chi connectivity index (χ1) is 11.5. The minimum Gasteiger partial charge on any atom is -0.550 e. The molecule has 24 heavy (non-hydrogen) atoms. The molecule has 2 rings (SSSR count). The van der Waals surface area contributed by atoms with Crippen LogP contribution in [0.2, 0.25) is 0 Å². The molecule has 126 valence electrons. The van der Waals surface area contributed by atoms with Crippen molar-refractivity contribution in [1.29, 1.82) is 0 Å². The van der Waals surface area contributed by atoms with E-state index < -0.39 is 5.97 Å². The van der Waals surface area contributed by atoms with Crippen molar-refractivity contribution in [3.8, 4) is 5.75 Å². The Morgan fingerprint density at radius 3 is 2.04 bits per heavy atom. The first kappa shape index (κ1) is 17.8. The summed E-state index contributed by atoms with van der Waals surface area (Å²) in [7, 11) is 1.64. The number of ether oxygens (including phenoxy) is 1. The molecule has 0 unspecified atom stereocenters. The molecular weight excluding hydrogens is 300 g/mol. The molecule has 3 heteroatoms. The maximum atomic E-state index is 10.7. The molecule has 0 saturated carbocycles. The van der Waals surface area contributed by atoms with Crippen LogP contribution in [0.25, 0.3) is 5.57 Å². The summed E-state index contributed by atoms with van der Waals surface area (Å²) < 4.78 is 5.20. The summed E-state index contributed by atoms with van der Waals surface area (Å²) in [4.78, 5) is 10.7. The largest absolute Gasteiger partial charge is 0.550 e. The van der Waals surface area contributed by atoms with Crippen LogP contribution in [0.15, 0.2) is 54.6 Å². The van der Waals surface area contributed by atoms with Crippen molar-refractivity contribution in [2.24, 2.45) is 0 Å². The maximum absolute atomic E-state index is 10.7. The number of rotatable bonds is 7. The Labute approximate surface area is 143 Å². The average Bonchev–Trinajstić information content (AvgIpc) is 2.59. The fraction of sp³-hybridized carbons (Fsp3) is 0.286. The van der Waals surface area contributed by atoms with E-state index in [0.717, 1.165) is 22.4 Å². The van der Waals surface area contributed by atoms with Gasteiger partial charge in [-0.3, -0.25) is 0 Å². The van der Waals surface area contributed by atoms with Crippen molar-refractivity contribution in [3.05, 3.63) is 71.3 Å². The highest BCUT2D eigenvalue weighted by Gasteiger charge is 2.07. The van der Waals surface area contributed by atoms with E-state index in [2.05, 4.69) is 38.1 Å². The molecule has 0 fully saturated rings. The Kier molecular flexibility index (Phi) is 6.19. The molecule has 0 aromatic heterocycles. The minimum absolute atomic E-state index is 0.0176. The van der Waals surface area contributed by atoms with Gasteiger partial charge in [0.2, 0.25) is 0 Å². The van der Waals surface area contributed by atoms with E-state index in [4.69, 9.17) is 4.74 Å². The average molecular weight is 323 g/mol. The number of carboxylic acids is 1. The van der Waals surface area contributed by atoms with Crippen LogP contribution in [0.4, 0.5) is 0 Å². The summed E-state index contributed by atoms with van der Waals surface area (Å²) in [6, 6.07) is 16.2. The third-order valence-corrected chi connectivity index (χ3v) is 3.99. The Morgan fingerprint density at radius 1 is 1.04 bits per heavy atom. The van der Waals surface area contributed by atoms with Crippen LogP contribution in [0, 0.1) is 0 Å². The number of aliphatic carboxylic acids is 1. The van der Waals surface area contributed by atoms with Crippen molar-refractivity contribution in [2.45, 2.75) is 32.6 Å². The van der Waals surface area contributed by atoms with Crippen molar-refractivity contribution >= 4 is 11.5 Å². The normalized spacial score (nSPS) is 11.6. The molecule has 0 heterocycles. The molecule has 0 aliphatic carbocycles. The molecule has 0 bridgehead atoms. The highest BCUT2D eigenvalue weighted by atomic mass is 16.5. The van der Waals surface area contributed by atoms with Crippen LogP contribution in [0.5, 0.6) is 5.75 Å². The van der Waals surface area contributed by atoms with E-state index in [-0.39, 0.29) is 6.42 Å². The Morgan fingerprint density at radius 2 is 1.58 bits per heavy atom. The lowest BCUT2D eigenvalue weighted by molar-refractivity contribution is -0.305. The molecule has 2 aromatic carbocycles. The van der Waals surface area contributed by atoms with E-state index >= 15 is 0 Å². The number of benzene rings is 2. The quantitative estimate of drug-likeness (QED) is 0.779. The molecule has 2 aromatic rings. The second-order valence-electron chi connectivity index (χ2n) is 6.03. The fourth-order valence-electron chi connectivity index (χ4n) is 2.55. The standard InChI is InChI=1S/C21H24O3/c1-15(2)16-7-9-17(10-8-16)20(5-4-6-21(22)23)18-11-13-19(24-3)14-12-18/h5,7-15H,4,6H2,1-3H3,(H,22,23)/p-1/b20-5-. The van der Waals surface area contributed by atoms with Gasteiger partial charge in [-0.25, -0.2) is 0 Å². The smallest absolute Gasteiger partial charge is 0.118 e. The van der Waals surface area contributed by atoms with Gasteiger partial charge < -0.3 is 14.6 Å². The van der Waals surface area contributed by atoms with Crippen LogP contribution in [0.3, 0.4) is 0 Å². The third kappa shape index (κ3) is 4.72. The van der Waals surface area contributed by atoms with Crippen LogP contribution < -0.4 is 9.84 Å². The van der Waals surface area contributed by atoms with Gasteiger partial charge in [0.05, 0.1) is 7.11 Å². The predicted molar refractivity (Wildman–Crippen MR) is 94.8 cm³/mol. The lowest BCUT2D eigenvalue weighted by atomic mass is 9.94.